The maximum absolute atomic E-state index is 9.85. The number of hydrogen-bond acceptors (Lipinski definition) is 4. The van der Waals surface area contributed by atoms with Crippen LogP contribution in [0.4, 0.5) is 0 Å². The van der Waals surface area contributed by atoms with E-state index in [1.54, 1.807) is 18.2 Å². The summed E-state index contributed by atoms with van der Waals surface area (Å²) in [7, 11) is 1.50. The van der Waals surface area contributed by atoms with E-state index in [-0.39, 0.29) is 11.3 Å². The highest BCUT2D eigenvalue weighted by Crippen LogP contribution is 2.27. The predicted molar refractivity (Wildman–Crippen MR) is 80.9 cm³/mol. The van der Waals surface area contributed by atoms with Crippen molar-refractivity contribution in [2.45, 2.75) is 26.3 Å². The molecule has 0 unspecified atom stereocenters. The number of hydrazone groups is 1. The Balaban J connectivity index is 2.65. The van der Waals surface area contributed by atoms with E-state index in [9.17, 15) is 5.11 Å². The molecule has 0 bridgehead atoms. The van der Waals surface area contributed by atoms with E-state index in [4.69, 9.17) is 17.0 Å². The lowest BCUT2D eigenvalue weighted by molar-refractivity contribution is 0.373. The Bertz CT molecular complexity index is 481. The Morgan fingerprint density at radius 3 is 2.68 bits per heavy atom. The lowest BCUT2D eigenvalue weighted by atomic mass is 10.1. The van der Waals surface area contributed by atoms with Crippen LogP contribution in [0.5, 0.6) is 11.5 Å². The minimum atomic E-state index is -0.127. The smallest absolute Gasteiger partial charge is 0.187 e. The summed E-state index contributed by atoms with van der Waals surface area (Å²) in [5.74, 6) is 0.449. The van der Waals surface area contributed by atoms with E-state index in [2.05, 4.69) is 15.8 Å². The zero-order chi connectivity index (χ0) is 14.5. The number of rotatable bonds is 3. The number of aromatic hydroxyl groups is 1. The van der Waals surface area contributed by atoms with Crippen LogP contribution < -0.4 is 15.5 Å². The van der Waals surface area contributed by atoms with Gasteiger partial charge in [0.2, 0.25) is 0 Å². The molecule has 0 aliphatic rings. The molecule has 104 valence electrons. The molecular weight excluding hydrogens is 262 g/mol. The Kier molecular flexibility index (Phi) is 5.11. The second-order valence-electron chi connectivity index (χ2n) is 4.97. The van der Waals surface area contributed by atoms with Crippen LogP contribution in [0.15, 0.2) is 23.3 Å². The summed E-state index contributed by atoms with van der Waals surface area (Å²) in [6.07, 6.45) is 1.48. The fraction of sp³-hybridized carbons (Fsp3) is 0.385. The van der Waals surface area contributed by atoms with Crippen LogP contribution in [0.25, 0.3) is 0 Å². The highest BCUT2D eigenvalue weighted by molar-refractivity contribution is 7.80. The number of phenols is 1. The largest absolute Gasteiger partial charge is 0.504 e. The van der Waals surface area contributed by atoms with Gasteiger partial charge in [-0.15, -0.1) is 0 Å². The SMILES string of the molecule is COc1cccc(/C=N\NC(=S)NC(C)(C)C)c1O. The zero-order valence-corrected chi connectivity index (χ0v) is 12.3. The summed E-state index contributed by atoms with van der Waals surface area (Å²) in [4.78, 5) is 0. The van der Waals surface area contributed by atoms with Crippen LogP contribution in [0.2, 0.25) is 0 Å². The normalized spacial score (nSPS) is 11.4. The molecule has 0 amide bonds. The summed E-state index contributed by atoms with van der Waals surface area (Å²) in [6.45, 7) is 6.00. The zero-order valence-electron chi connectivity index (χ0n) is 11.5. The molecule has 0 radical (unpaired) electrons. The second kappa shape index (κ2) is 6.38. The van der Waals surface area contributed by atoms with Crippen LogP contribution in [0.3, 0.4) is 0 Å². The van der Waals surface area contributed by atoms with E-state index >= 15 is 0 Å². The fourth-order valence-corrected chi connectivity index (χ4v) is 1.70. The van der Waals surface area contributed by atoms with E-state index < -0.39 is 0 Å². The van der Waals surface area contributed by atoms with Crippen molar-refractivity contribution in [2.24, 2.45) is 5.10 Å². The lowest BCUT2D eigenvalue weighted by Crippen LogP contribution is -2.44. The number of phenolic OH excluding ortho intramolecular Hbond substituents is 1. The maximum Gasteiger partial charge on any atom is 0.187 e. The number of benzene rings is 1. The summed E-state index contributed by atoms with van der Waals surface area (Å²) in [6, 6.07) is 5.17. The first-order chi connectivity index (χ1) is 8.83. The molecule has 1 aromatic rings. The summed E-state index contributed by atoms with van der Waals surface area (Å²) in [5.41, 5.74) is 3.11. The first kappa shape index (κ1) is 15.2. The fourth-order valence-electron chi connectivity index (χ4n) is 1.34. The Labute approximate surface area is 118 Å². The van der Waals surface area contributed by atoms with E-state index in [1.165, 1.54) is 13.3 Å². The first-order valence-electron chi connectivity index (χ1n) is 5.80. The molecular formula is C13H19N3O2S. The maximum atomic E-state index is 9.85. The van der Waals surface area contributed by atoms with Crippen LogP contribution >= 0.6 is 12.2 Å². The van der Waals surface area contributed by atoms with Crippen molar-refractivity contribution in [1.29, 1.82) is 0 Å². The first-order valence-corrected chi connectivity index (χ1v) is 6.21. The molecule has 0 heterocycles. The second-order valence-corrected chi connectivity index (χ2v) is 5.38. The molecule has 19 heavy (non-hydrogen) atoms. The molecule has 6 heteroatoms. The average molecular weight is 281 g/mol. The number of para-hydroxylation sites is 1. The van der Waals surface area contributed by atoms with Gasteiger partial charge in [0, 0.05) is 11.1 Å². The quantitative estimate of drug-likeness (QED) is 0.449. The highest BCUT2D eigenvalue weighted by atomic mass is 32.1. The van der Waals surface area contributed by atoms with Crippen molar-refractivity contribution in [1.82, 2.24) is 10.7 Å². The van der Waals surface area contributed by atoms with Gasteiger partial charge in [0.05, 0.1) is 13.3 Å². The molecule has 0 saturated heterocycles. The molecule has 0 aliphatic carbocycles. The molecule has 0 spiro atoms. The molecule has 1 rings (SSSR count). The van der Waals surface area contributed by atoms with Gasteiger partial charge in [-0.05, 0) is 45.1 Å². The van der Waals surface area contributed by atoms with Crippen LogP contribution in [0, 0.1) is 0 Å². The molecule has 1 aromatic carbocycles. The summed E-state index contributed by atoms with van der Waals surface area (Å²) >= 11 is 5.08. The van der Waals surface area contributed by atoms with Crippen molar-refractivity contribution in [3.63, 3.8) is 0 Å². The minimum absolute atomic E-state index is 0.0465. The number of thiocarbonyl (C=S) groups is 1. The molecule has 0 aliphatic heterocycles. The van der Waals surface area contributed by atoms with Crippen molar-refractivity contribution in [3.8, 4) is 11.5 Å². The molecule has 0 atom stereocenters. The minimum Gasteiger partial charge on any atom is -0.504 e. The Hall–Kier alpha value is -1.82. The molecule has 5 nitrogen and oxygen atoms in total. The summed E-state index contributed by atoms with van der Waals surface area (Å²) < 4.78 is 5.01. The third kappa shape index (κ3) is 5.13. The number of ether oxygens (including phenoxy) is 1. The predicted octanol–water partition coefficient (Wildman–Crippen LogP) is 2.00. The summed E-state index contributed by atoms with van der Waals surface area (Å²) in [5, 5.41) is 17.3. The number of nitrogens with zero attached hydrogens (tertiary/aromatic N) is 1. The van der Waals surface area contributed by atoms with Crippen molar-refractivity contribution in [3.05, 3.63) is 23.8 Å². The average Bonchev–Trinajstić information content (AvgIpc) is 2.29. The molecule has 0 aromatic heterocycles. The number of nitrogens with one attached hydrogen (secondary N) is 2. The highest BCUT2D eigenvalue weighted by Gasteiger charge is 2.10. The van der Waals surface area contributed by atoms with Gasteiger partial charge < -0.3 is 15.2 Å². The molecule has 3 N–H and O–H groups in total. The van der Waals surface area contributed by atoms with E-state index in [0.29, 0.717) is 16.4 Å². The third-order valence-electron chi connectivity index (χ3n) is 2.11. The standard InChI is InChI=1S/C13H19N3O2S/c1-13(2,3)15-12(19)16-14-8-9-6-5-7-10(18-4)11(9)17/h5-8,17H,1-4H3,(H2,15,16,19)/b14-8-. The Morgan fingerprint density at radius 1 is 1.42 bits per heavy atom. The third-order valence-corrected chi connectivity index (χ3v) is 2.30. The topological polar surface area (TPSA) is 65.9 Å². The number of methoxy groups -OCH3 is 1. The monoisotopic (exact) mass is 281 g/mol. The Morgan fingerprint density at radius 2 is 2.11 bits per heavy atom. The van der Waals surface area contributed by atoms with E-state index in [0.717, 1.165) is 0 Å². The lowest BCUT2D eigenvalue weighted by Gasteiger charge is -2.21. The van der Waals surface area contributed by atoms with Crippen molar-refractivity contribution in [2.75, 3.05) is 7.11 Å². The van der Waals surface area contributed by atoms with Gasteiger partial charge in [-0.3, -0.25) is 5.43 Å². The van der Waals surface area contributed by atoms with Crippen molar-refractivity contribution < 1.29 is 9.84 Å². The van der Waals surface area contributed by atoms with Gasteiger partial charge in [-0.1, -0.05) is 6.07 Å². The van der Waals surface area contributed by atoms with Gasteiger partial charge in [-0.25, -0.2) is 0 Å². The van der Waals surface area contributed by atoms with Gasteiger partial charge in [-0.2, -0.15) is 5.10 Å². The molecule has 0 saturated carbocycles. The van der Waals surface area contributed by atoms with Crippen molar-refractivity contribution >= 4 is 23.5 Å². The van der Waals surface area contributed by atoms with Crippen LogP contribution in [0.1, 0.15) is 26.3 Å². The van der Waals surface area contributed by atoms with Crippen LogP contribution in [-0.4, -0.2) is 29.1 Å². The van der Waals surface area contributed by atoms with Gasteiger partial charge in [0.15, 0.2) is 16.6 Å². The van der Waals surface area contributed by atoms with Gasteiger partial charge >= 0.3 is 0 Å². The van der Waals surface area contributed by atoms with Crippen LogP contribution in [-0.2, 0) is 0 Å². The van der Waals surface area contributed by atoms with Gasteiger partial charge in [0.25, 0.3) is 0 Å². The molecule has 0 fully saturated rings. The van der Waals surface area contributed by atoms with Gasteiger partial charge in [0.1, 0.15) is 0 Å². The van der Waals surface area contributed by atoms with E-state index in [1.807, 2.05) is 20.8 Å². The number of hydrogen-bond donors (Lipinski definition) is 3.